The lowest BCUT2D eigenvalue weighted by Crippen LogP contribution is -2.23. The normalized spacial score (nSPS) is 10.2. The summed E-state index contributed by atoms with van der Waals surface area (Å²) in [5, 5.41) is 3.68. The molecule has 0 aromatic carbocycles. The maximum atomic E-state index is 12.1. The molecule has 0 bridgehead atoms. The van der Waals surface area contributed by atoms with E-state index in [0.29, 0.717) is 22.9 Å². The van der Waals surface area contributed by atoms with Gasteiger partial charge in [0.15, 0.2) is 5.75 Å². The minimum absolute atomic E-state index is 0.187. The number of carbonyl (C=O) groups excluding carboxylic acids is 1. The van der Waals surface area contributed by atoms with Crippen LogP contribution in [0.3, 0.4) is 0 Å². The molecule has 1 heterocycles. The van der Waals surface area contributed by atoms with E-state index >= 15 is 0 Å². The second kappa shape index (κ2) is 8.56. The number of nitrogens with two attached hydrogens (primary N) is 1. The van der Waals surface area contributed by atoms with Crippen LogP contribution in [-0.4, -0.2) is 32.7 Å². The summed E-state index contributed by atoms with van der Waals surface area (Å²) in [7, 11) is 1.58. The molecule has 0 atom stereocenters. The average Bonchev–Trinajstić information content (AvgIpc) is 2.82. The van der Waals surface area contributed by atoms with Crippen LogP contribution in [0.15, 0.2) is 12.7 Å². The van der Waals surface area contributed by atoms with Gasteiger partial charge in [0.05, 0.1) is 7.11 Å². The second-order valence-electron chi connectivity index (χ2n) is 4.62. The van der Waals surface area contributed by atoms with Gasteiger partial charge in [-0.15, -0.1) is 17.9 Å². The van der Waals surface area contributed by atoms with Gasteiger partial charge in [0.2, 0.25) is 0 Å². The predicted molar refractivity (Wildman–Crippen MR) is 90.6 cm³/mol. The Morgan fingerprint density at radius 1 is 1.52 bits per heavy atom. The molecule has 0 aliphatic carbocycles. The predicted octanol–water partition coefficient (Wildman–Crippen LogP) is 2.88. The summed E-state index contributed by atoms with van der Waals surface area (Å²) in [6, 6.07) is 0. The maximum absolute atomic E-state index is 12.1. The fourth-order valence-corrected chi connectivity index (χ4v) is 3.18. The maximum Gasteiger partial charge on any atom is 0.263 e. The van der Waals surface area contributed by atoms with Gasteiger partial charge in [0.1, 0.15) is 15.6 Å². The molecule has 0 aliphatic heterocycles. The van der Waals surface area contributed by atoms with Crippen LogP contribution >= 0.6 is 11.3 Å². The summed E-state index contributed by atoms with van der Waals surface area (Å²) in [6.07, 6.45) is 3.85. The molecule has 0 saturated heterocycles. The molecule has 6 heteroatoms. The summed E-state index contributed by atoms with van der Waals surface area (Å²) in [6.45, 7) is 10.0. The smallest absolute Gasteiger partial charge is 0.263 e. The first-order valence-electron chi connectivity index (χ1n) is 7.20. The van der Waals surface area contributed by atoms with E-state index in [9.17, 15) is 4.79 Å². The highest BCUT2D eigenvalue weighted by molar-refractivity contribution is 7.19. The first kappa shape index (κ1) is 17.4. The number of thiophene rings is 1. The quantitative estimate of drug-likeness (QED) is 0.688. The van der Waals surface area contributed by atoms with Crippen LogP contribution in [0.25, 0.3) is 0 Å². The number of nitrogens with zero attached hydrogens (tertiary/aromatic N) is 1. The number of nitrogen functional groups attached to an aromatic ring is 1. The Bertz CT molecular complexity index is 486. The SMILES string of the molecule is C=CCNC(=O)c1sc(N(CC)CCCC)c(OC)c1N. The zero-order valence-electron chi connectivity index (χ0n) is 13.1. The van der Waals surface area contributed by atoms with Crippen molar-refractivity contribution in [1.29, 1.82) is 0 Å². The van der Waals surface area contributed by atoms with Gasteiger partial charge < -0.3 is 20.7 Å². The summed E-state index contributed by atoms with van der Waals surface area (Å²) < 4.78 is 5.42. The molecular formula is C15H25N3O2S. The number of rotatable bonds is 9. The number of amides is 1. The summed E-state index contributed by atoms with van der Waals surface area (Å²) >= 11 is 1.38. The Labute approximate surface area is 130 Å². The lowest BCUT2D eigenvalue weighted by atomic mass is 10.3. The minimum atomic E-state index is -0.187. The van der Waals surface area contributed by atoms with Gasteiger partial charge in [-0.2, -0.15) is 0 Å². The molecule has 1 aromatic rings. The van der Waals surface area contributed by atoms with E-state index in [1.54, 1.807) is 13.2 Å². The van der Waals surface area contributed by atoms with E-state index in [-0.39, 0.29) is 5.91 Å². The Morgan fingerprint density at radius 2 is 2.24 bits per heavy atom. The van der Waals surface area contributed by atoms with E-state index in [4.69, 9.17) is 10.5 Å². The Hall–Kier alpha value is -1.69. The van der Waals surface area contributed by atoms with Crippen LogP contribution in [0.5, 0.6) is 5.75 Å². The number of anilines is 2. The van der Waals surface area contributed by atoms with Gasteiger partial charge in [-0.25, -0.2) is 0 Å². The molecule has 1 amide bonds. The summed E-state index contributed by atoms with van der Waals surface area (Å²) in [5.74, 6) is 0.412. The molecule has 3 N–H and O–H groups in total. The van der Waals surface area contributed by atoms with Gasteiger partial charge >= 0.3 is 0 Å². The molecule has 1 rings (SSSR count). The number of hydrogen-bond acceptors (Lipinski definition) is 5. The third-order valence-corrected chi connectivity index (χ3v) is 4.40. The van der Waals surface area contributed by atoms with Crippen LogP contribution in [0.1, 0.15) is 36.4 Å². The highest BCUT2D eigenvalue weighted by Gasteiger charge is 2.24. The fraction of sp³-hybridized carbons (Fsp3) is 0.533. The highest BCUT2D eigenvalue weighted by Crippen LogP contribution is 2.44. The second-order valence-corrected chi connectivity index (χ2v) is 5.61. The third kappa shape index (κ3) is 4.14. The number of carbonyl (C=O) groups is 1. The first-order chi connectivity index (χ1) is 10.1. The van der Waals surface area contributed by atoms with E-state index in [1.165, 1.54) is 11.3 Å². The van der Waals surface area contributed by atoms with E-state index in [2.05, 4.69) is 30.6 Å². The first-order valence-corrected chi connectivity index (χ1v) is 8.02. The van der Waals surface area contributed by atoms with E-state index in [0.717, 1.165) is 30.9 Å². The standard InChI is InChI=1S/C15H25N3O2S/c1-5-8-10-18(7-3)15-12(20-4)11(16)13(21-15)14(19)17-9-6-2/h6H,2,5,7-10,16H2,1,3-4H3,(H,17,19). The molecule has 0 radical (unpaired) electrons. The fourth-order valence-electron chi connectivity index (χ4n) is 1.99. The van der Waals surface area contributed by atoms with Crippen LogP contribution in [-0.2, 0) is 0 Å². The van der Waals surface area contributed by atoms with Crippen LogP contribution in [0.4, 0.5) is 10.7 Å². The van der Waals surface area contributed by atoms with Crippen LogP contribution in [0, 0.1) is 0 Å². The molecule has 1 aromatic heterocycles. The van der Waals surface area contributed by atoms with Crippen molar-refractivity contribution in [2.45, 2.75) is 26.7 Å². The molecule has 0 spiro atoms. The average molecular weight is 311 g/mol. The number of unbranched alkanes of at least 4 members (excludes halogenated alkanes) is 1. The molecule has 0 unspecified atom stereocenters. The number of ether oxygens (including phenoxy) is 1. The molecule has 0 saturated carbocycles. The molecule has 0 aliphatic rings. The van der Waals surface area contributed by atoms with Gasteiger partial charge in [0.25, 0.3) is 5.91 Å². The van der Waals surface area contributed by atoms with Crippen LogP contribution in [0.2, 0.25) is 0 Å². The Morgan fingerprint density at radius 3 is 2.76 bits per heavy atom. The topological polar surface area (TPSA) is 67.6 Å². The van der Waals surface area contributed by atoms with Crippen molar-refractivity contribution < 1.29 is 9.53 Å². The Balaban J connectivity index is 3.08. The van der Waals surface area contributed by atoms with E-state index in [1.807, 2.05) is 0 Å². The largest absolute Gasteiger partial charge is 0.492 e. The van der Waals surface area contributed by atoms with Gasteiger partial charge in [-0.3, -0.25) is 4.79 Å². The van der Waals surface area contributed by atoms with E-state index < -0.39 is 0 Å². The minimum Gasteiger partial charge on any atom is -0.492 e. The van der Waals surface area contributed by atoms with Crippen molar-refractivity contribution in [2.24, 2.45) is 0 Å². The molecular weight excluding hydrogens is 286 g/mol. The summed E-state index contributed by atoms with van der Waals surface area (Å²) in [5.41, 5.74) is 6.49. The third-order valence-electron chi connectivity index (χ3n) is 3.15. The lowest BCUT2D eigenvalue weighted by molar-refractivity contribution is 0.0962. The monoisotopic (exact) mass is 311 g/mol. The molecule has 118 valence electrons. The zero-order chi connectivity index (χ0) is 15.8. The molecule has 5 nitrogen and oxygen atoms in total. The number of nitrogens with one attached hydrogen (secondary N) is 1. The lowest BCUT2D eigenvalue weighted by Gasteiger charge is -2.22. The summed E-state index contributed by atoms with van der Waals surface area (Å²) in [4.78, 5) is 14.8. The highest BCUT2D eigenvalue weighted by atomic mass is 32.1. The molecule has 21 heavy (non-hydrogen) atoms. The van der Waals surface area contributed by atoms with Crippen molar-refractivity contribution in [3.05, 3.63) is 17.5 Å². The van der Waals surface area contributed by atoms with Crippen molar-refractivity contribution in [3.8, 4) is 5.75 Å². The zero-order valence-corrected chi connectivity index (χ0v) is 13.9. The number of methoxy groups -OCH3 is 1. The number of hydrogen-bond donors (Lipinski definition) is 2. The molecule has 0 fully saturated rings. The Kier molecular flexibility index (Phi) is 7.08. The van der Waals surface area contributed by atoms with Gasteiger partial charge in [-0.05, 0) is 13.3 Å². The van der Waals surface area contributed by atoms with Gasteiger partial charge in [0, 0.05) is 19.6 Å². The van der Waals surface area contributed by atoms with Gasteiger partial charge in [-0.1, -0.05) is 19.4 Å². The van der Waals surface area contributed by atoms with Crippen molar-refractivity contribution >= 4 is 27.9 Å². The van der Waals surface area contributed by atoms with Crippen molar-refractivity contribution in [3.63, 3.8) is 0 Å². The van der Waals surface area contributed by atoms with Crippen molar-refractivity contribution in [2.75, 3.05) is 37.4 Å². The van der Waals surface area contributed by atoms with Crippen molar-refractivity contribution in [1.82, 2.24) is 5.32 Å². The van der Waals surface area contributed by atoms with Crippen LogP contribution < -0.4 is 20.7 Å².